The molecular formula is C19H17ClN2O2. The molecule has 2 amide bonds. The van der Waals surface area contributed by atoms with Crippen LogP contribution >= 0.6 is 11.6 Å². The van der Waals surface area contributed by atoms with Gasteiger partial charge in [-0.25, -0.2) is 0 Å². The molecule has 0 fully saturated rings. The summed E-state index contributed by atoms with van der Waals surface area (Å²) in [6.07, 6.45) is 3.82. The molecule has 122 valence electrons. The second kappa shape index (κ2) is 6.89. The van der Waals surface area contributed by atoms with Crippen molar-refractivity contribution in [1.29, 1.82) is 0 Å². The van der Waals surface area contributed by atoms with Gasteiger partial charge < -0.3 is 10.2 Å². The zero-order chi connectivity index (χ0) is 17.1. The molecule has 1 aliphatic heterocycles. The monoisotopic (exact) mass is 340 g/mol. The van der Waals surface area contributed by atoms with Crippen molar-refractivity contribution in [2.24, 2.45) is 0 Å². The van der Waals surface area contributed by atoms with Gasteiger partial charge in [0, 0.05) is 23.8 Å². The molecule has 4 nitrogen and oxygen atoms in total. The van der Waals surface area contributed by atoms with Gasteiger partial charge in [0.05, 0.1) is 12.5 Å². The van der Waals surface area contributed by atoms with E-state index < -0.39 is 0 Å². The lowest BCUT2D eigenvalue weighted by atomic mass is 9.93. The Morgan fingerprint density at radius 1 is 1.12 bits per heavy atom. The number of carbonyl (C=O) groups excluding carboxylic acids is 2. The summed E-state index contributed by atoms with van der Waals surface area (Å²) >= 11 is 5.85. The van der Waals surface area contributed by atoms with E-state index in [0.717, 1.165) is 11.1 Å². The Hall–Kier alpha value is -2.59. The van der Waals surface area contributed by atoms with E-state index in [1.165, 1.54) is 6.92 Å². The van der Waals surface area contributed by atoms with Gasteiger partial charge in [0.2, 0.25) is 11.8 Å². The van der Waals surface area contributed by atoms with Crippen LogP contribution in [0.25, 0.3) is 6.08 Å². The van der Waals surface area contributed by atoms with Crippen molar-refractivity contribution in [3.8, 4) is 0 Å². The number of fused-ring (bicyclic) bond motifs is 1. The number of benzene rings is 2. The molecule has 3 rings (SSSR count). The van der Waals surface area contributed by atoms with E-state index in [1.54, 1.807) is 35.4 Å². The molecule has 1 atom stereocenters. The number of hydrogen-bond acceptors (Lipinski definition) is 2. The maximum Gasteiger partial charge on any atom is 0.226 e. The Labute approximate surface area is 145 Å². The fraction of sp³-hybridized carbons (Fsp3) is 0.158. The molecule has 1 heterocycles. The first-order valence-electron chi connectivity index (χ1n) is 7.66. The topological polar surface area (TPSA) is 49.4 Å². The third-order valence-electron chi connectivity index (χ3n) is 3.98. The molecule has 1 unspecified atom stereocenters. The highest BCUT2D eigenvalue weighted by Gasteiger charge is 2.28. The van der Waals surface area contributed by atoms with Gasteiger partial charge in [-0.05, 0) is 41.5 Å². The average Bonchev–Trinajstić information content (AvgIpc) is 2.57. The van der Waals surface area contributed by atoms with Crippen LogP contribution in [-0.2, 0) is 9.59 Å². The van der Waals surface area contributed by atoms with Gasteiger partial charge in [-0.3, -0.25) is 9.59 Å². The molecule has 1 aliphatic rings. The van der Waals surface area contributed by atoms with Crippen molar-refractivity contribution in [1.82, 2.24) is 4.90 Å². The number of rotatable bonds is 3. The fourth-order valence-electron chi connectivity index (χ4n) is 2.83. The number of anilines is 1. The van der Waals surface area contributed by atoms with Gasteiger partial charge in [0.1, 0.15) is 0 Å². The number of nitrogens with zero attached hydrogens (tertiary/aromatic N) is 1. The summed E-state index contributed by atoms with van der Waals surface area (Å²) < 4.78 is 0. The minimum atomic E-state index is -0.309. The van der Waals surface area contributed by atoms with E-state index in [4.69, 9.17) is 11.6 Å². The number of carbonyl (C=O) groups is 2. The SMILES string of the molecule is CC(=O)N1C=Cc2ccccc2C1CC(=O)Nc1ccc(Cl)cc1. The van der Waals surface area contributed by atoms with Gasteiger partial charge in [0.15, 0.2) is 0 Å². The van der Waals surface area contributed by atoms with Crippen LogP contribution in [0.15, 0.2) is 54.7 Å². The van der Waals surface area contributed by atoms with Crippen LogP contribution in [-0.4, -0.2) is 16.7 Å². The zero-order valence-corrected chi connectivity index (χ0v) is 14.0. The minimum Gasteiger partial charge on any atom is -0.326 e. The summed E-state index contributed by atoms with van der Waals surface area (Å²) in [6, 6.07) is 14.4. The molecule has 0 aromatic heterocycles. The first-order chi connectivity index (χ1) is 11.5. The summed E-state index contributed by atoms with van der Waals surface area (Å²) in [4.78, 5) is 26.0. The predicted molar refractivity (Wildman–Crippen MR) is 95.4 cm³/mol. The number of nitrogens with one attached hydrogen (secondary N) is 1. The van der Waals surface area contributed by atoms with Crippen LogP contribution in [0.1, 0.15) is 30.5 Å². The number of halogens is 1. The summed E-state index contributed by atoms with van der Waals surface area (Å²) in [5.41, 5.74) is 2.68. The van der Waals surface area contributed by atoms with E-state index in [1.807, 2.05) is 30.3 Å². The molecule has 0 bridgehead atoms. The standard InChI is InChI=1S/C19H17ClN2O2/c1-13(23)22-11-10-14-4-2-3-5-17(14)18(22)12-19(24)21-16-8-6-15(20)7-9-16/h2-11,18H,12H2,1H3,(H,21,24). The van der Waals surface area contributed by atoms with Crippen LogP contribution in [0.4, 0.5) is 5.69 Å². The number of amides is 2. The second-order valence-corrected chi connectivity index (χ2v) is 6.08. The normalized spacial score (nSPS) is 15.8. The molecule has 2 aromatic rings. The zero-order valence-electron chi connectivity index (χ0n) is 13.2. The Balaban J connectivity index is 1.80. The van der Waals surface area contributed by atoms with Crippen molar-refractivity contribution >= 4 is 35.2 Å². The molecule has 24 heavy (non-hydrogen) atoms. The van der Waals surface area contributed by atoms with Crippen LogP contribution in [0.2, 0.25) is 5.02 Å². The van der Waals surface area contributed by atoms with Crippen LogP contribution in [0, 0.1) is 0 Å². The Kier molecular flexibility index (Phi) is 4.67. The first-order valence-corrected chi connectivity index (χ1v) is 8.04. The summed E-state index contributed by atoms with van der Waals surface area (Å²) in [7, 11) is 0. The molecule has 0 radical (unpaired) electrons. The van der Waals surface area contributed by atoms with E-state index in [-0.39, 0.29) is 24.3 Å². The maximum atomic E-state index is 12.4. The van der Waals surface area contributed by atoms with E-state index in [9.17, 15) is 9.59 Å². The van der Waals surface area contributed by atoms with Crippen LogP contribution < -0.4 is 5.32 Å². The van der Waals surface area contributed by atoms with Crippen LogP contribution in [0.5, 0.6) is 0 Å². The third-order valence-corrected chi connectivity index (χ3v) is 4.23. The lowest BCUT2D eigenvalue weighted by Crippen LogP contribution is -2.33. The molecule has 0 aliphatic carbocycles. The Morgan fingerprint density at radius 3 is 2.54 bits per heavy atom. The van der Waals surface area contributed by atoms with Crippen molar-refractivity contribution in [2.75, 3.05) is 5.32 Å². The molecule has 0 spiro atoms. The predicted octanol–water partition coefficient (Wildman–Crippen LogP) is 4.24. The summed E-state index contributed by atoms with van der Waals surface area (Å²) in [5.74, 6) is -0.247. The van der Waals surface area contributed by atoms with Gasteiger partial charge in [-0.1, -0.05) is 35.9 Å². The highest BCUT2D eigenvalue weighted by molar-refractivity contribution is 6.30. The fourth-order valence-corrected chi connectivity index (χ4v) is 2.96. The molecule has 0 saturated carbocycles. The van der Waals surface area contributed by atoms with Crippen molar-refractivity contribution in [2.45, 2.75) is 19.4 Å². The minimum absolute atomic E-state index is 0.0926. The lowest BCUT2D eigenvalue weighted by molar-refractivity contribution is -0.129. The molecule has 0 saturated heterocycles. The van der Waals surface area contributed by atoms with E-state index in [2.05, 4.69) is 5.32 Å². The quantitative estimate of drug-likeness (QED) is 0.908. The highest BCUT2D eigenvalue weighted by Crippen LogP contribution is 2.33. The summed E-state index contributed by atoms with van der Waals surface area (Å²) in [6.45, 7) is 1.50. The largest absolute Gasteiger partial charge is 0.326 e. The van der Waals surface area contributed by atoms with Crippen molar-refractivity contribution in [3.05, 3.63) is 70.9 Å². The first kappa shape index (κ1) is 16.3. The highest BCUT2D eigenvalue weighted by atomic mass is 35.5. The second-order valence-electron chi connectivity index (χ2n) is 5.65. The smallest absolute Gasteiger partial charge is 0.226 e. The molecule has 2 aromatic carbocycles. The Bertz CT molecular complexity index is 799. The lowest BCUT2D eigenvalue weighted by Gasteiger charge is -2.32. The third kappa shape index (κ3) is 3.49. The molecule has 1 N–H and O–H groups in total. The Morgan fingerprint density at radius 2 is 1.83 bits per heavy atom. The van der Waals surface area contributed by atoms with Gasteiger partial charge in [-0.2, -0.15) is 0 Å². The van der Waals surface area contributed by atoms with Crippen molar-refractivity contribution in [3.63, 3.8) is 0 Å². The molecule has 5 heteroatoms. The summed E-state index contributed by atoms with van der Waals surface area (Å²) in [5, 5.41) is 3.46. The maximum absolute atomic E-state index is 12.4. The van der Waals surface area contributed by atoms with Crippen molar-refractivity contribution < 1.29 is 9.59 Å². The van der Waals surface area contributed by atoms with E-state index in [0.29, 0.717) is 10.7 Å². The number of hydrogen-bond donors (Lipinski definition) is 1. The van der Waals surface area contributed by atoms with Crippen LogP contribution in [0.3, 0.4) is 0 Å². The van der Waals surface area contributed by atoms with Gasteiger partial charge >= 0.3 is 0 Å². The average molecular weight is 341 g/mol. The van der Waals surface area contributed by atoms with Gasteiger partial charge in [0.25, 0.3) is 0 Å². The molecular weight excluding hydrogens is 324 g/mol. The van der Waals surface area contributed by atoms with Gasteiger partial charge in [-0.15, -0.1) is 0 Å². The van der Waals surface area contributed by atoms with E-state index >= 15 is 0 Å².